The highest BCUT2D eigenvalue weighted by atomic mass is 32.2. The van der Waals surface area contributed by atoms with Gasteiger partial charge in [-0.25, -0.2) is 0 Å². The number of rotatable bonds is 8. The van der Waals surface area contributed by atoms with Crippen LogP contribution < -0.4 is 5.32 Å². The molecule has 1 saturated heterocycles. The number of hydrogen-bond donors (Lipinski definition) is 1. The Morgan fingerprint density at radius 2 is 1.76 bits per heavy atom. The number of likely N-dealkylation sites (tertiary alicyclic amines) is 1. The summed E-state index contributed by atoms with van der Waals surface area (Å²) in [6, 6.07) is 0.826. The number of piperidine rings is 1. The molecule has 124 valence electrons. The third-order valence-electron chi connectivity index (χ3n) is 4.62. The van der Waals surface area contributed by atoms with Crippen molar-refractivity contribution in [2.75, 3.05) is 47.3 Å². The number of hydrogen-bond acceptors (Lipinski definition) is 4. The van der Waals surface area contributed by atoms with Crippen molar-refractivity contribution in [3.63, 3.8) is 0 Å². The molecule has 21 heavy (non-hydrogen) atoms. The van der Waals surface area contributed by atoms with Crippen molar-refractivity contribution in [3.05, 3.63) is 0 Å². The Kier molecular flexibility index (Phi) is 6.02. The summed E-state index contributed by atoms with van der Waals surface area (Å²) in [5.41, 5.74) is 0. The van der Waals surface area contributed by atoms with E-state index in [0.717, 1.165) is 38.9 Å². The van der Waals surface area contributed by atoms with Crippen LogP contribution in [0.4, 0.5) is 0 Å². The predicted octanol–water partition coefficient (Wildman–Crippen LogP) is 0.331. The Hall–Kier alpha value is -0.210. The lowest BCUT2D eigenvalue weighted by Crippen LogP contribution is -2.49. The molecule has 0 aromatic carbocycles. The van der Waals surface area contributed by atoms with Gasteiger partial charge in [0.05, 0.1) is 0 Å². The van der Waals surface area contributed by atoms with E-state index in [1.807, 2.05) is 0 Å². The molecule has 0 aromatic heterocycles. The monoisotopic (exact) mass is 318 g/mol. The normalized spacial score (nSPS) is 22.3. The molecule has 0 spiro atoms. The summed E-state index contributed by atoms with van der Waals surface area (Å²) in [5, 5.41) is 3.42. The van der Waals surface area contributed by atoms with Crippen molar-refractivity contribution < 1.29 is 8.42 Å². The first-order chi connectivity index (χ1) is 9.91. The molecule has 2 rings (SSSR count). The molecular formula is C14H30N4O2S. The minimum atomic E-state index is -3.32. The van der Waals surface area contributed by atoms with Crippen LogP contribution in [0.5, 0.6) is 0 Å². The third kappa shape index (κ3) is 4.89. The summed E-state index contributed by atoms with van der Waals surface area (Å²) >= 11 is 0. The highest BCUT2D eigenvalue weighted by Crippen LogP contribution is 2.19. The van der Waals surface area contributed by atoms with E-state index in [2.05, 4.69) is 17.3 Å². The minimum absolute atomic E-state index is 0.137. The average Bonchev–Trinajstić information content (AvgIpc) is 3.27. The van der Waals surface area contributed by atoms with Crippen LogP contribution in [0.15, 0.2) is 0 Å². The van der Waals surface area contributed by atoms with Gasteiger partial charge in [-0.15, -0.1) is 0 Å². The van der Waals surface area contributed by atoms with E-state index in [-0.39, 0.29) is 6.04 Å². The summed E-state index contributed by atoms with van der Waals surface area (Å²) < 4.78 is 28.2. The van der Waals surface area contributed by atoms with Gasteiger partial charge in [0.25, 0.3) is 10.2 Å². The summed E-state index contributed by atoms with van der Waals surface area (Å²) in [4.78, 5) is 2.25. The standard InChI is InChI=1S/C14H30N4O2S/c1-16-11-7-14(8-12-16)18(3)21(19,20)17(2)10-4-9-15-13-5-6-13/h13-15H,4-12H2,1-3H3. The summed E-state index contributed by atoms with van der Waals surface area (Å²) in [5.74, 6) is 0. The molecule has 6 nitrogen and oxygen atoms in total. The van der Waals surface area contributed by atoms with Crippen molar-refractivity contribution in [3.8, 4) is 0 Å². The fourth-order valence-electron chi connectivity index (χ4n) is 2.78. The van der Waals surface area contributed by atoms with Crippen molar-refractivity contribution in [1.82, 2.24) is 18.8 Å². The molecule has 0 amide bonds. The van der Waals surface area contributed by atoms with Crippen molar-refractivity contribution in [1.29, 1.82) is 0 Å². The quantitative estimate of drug-likeness (QED) is 0.656. The molecule has 0 unspecified atom stereocenters. The fraction of sp³-hybridized carbons (Fsp3) is 1.00. The van der Waals surface area contributed by atoms with E-state index in [4.69, 9.17) is 0 Å². The summed E-state index contributed by atoms with van der Waals surface area (Å²) in [6.45, 7) is 3.43. The molecule has 0 atom stereocenters. The van der Waals surface area contributed by atoms with E-state index in [1.54, 1.807) is 18.4 Å². The molecule has 1 heterocycles. The zero-order chi connectivity index (χ0) is 15.5. The summed E-state index contributed by atoms with van der Waals surface area (Å²) in [6.07, 6.45) is 5.25. The van der Waals surface area contributed by atoms with Gasteiger partial charge in [-0.3, -0.25) is 0 Å². The van der Waals surface area contributed by atoms with Crippen LogP contribution in [-0.2, 0) is 10.2 Å². The first kappa shape index (κ1) is 17.1. The maximum atomic E-state index is 12.6. The van der Waals surface area contributed by atoms with Gasteiger partial charge in [0.15, 0.2) is 0 Å². The van der Waals surface area contributed by atoms with Gasteiger partial charge in [-0.05, 0) is 58.8 Å². The van der Waals surface area contributed by atoms with Crippen LogP contribution >= 0.6 is 0 Å². The van der Waals surface area contributed by atoms with E-state index in [0.29, 0.717) is 12.6 Å². The largest absolute Gasteiger partial charge is 0.314 e. The Morgan fingerprint density at radius 1 is 1.14 bits per heavy atom. The van der Waals surface area contributed by atoms with Gasteiger partial charge in [0.1, 0.15) is 0 Å². The zero-order valence-electron chi connectivity index (χ0n) is 13.6. The predicted molar refractivity (Wildman–Crippen MR) is 85.5 cm³/mol. The second kappa shape index (κ2) is 7.37. The molecule has 1 N–H and O–H groups in total. The Balaban J connectivity index is 1.77. The van der Waals surface area contributed by atoms with Gasteiger partial charge in [-0.2, -0.15) is 17.0 Å². The second-order valence-electron chi connectivity index (χ2n) is 6.46. The van der Waals surface area contributed by atoms with Gasteiger partial charge in [0.2, 0.25) is 0 Å². The van der Waals surface area contributed by atoms with Crippen LogP contribution in [0.25, 0.3) is 0 Å². The molecule has 0 bridgehead atoms. The Morgan fingerprint density at radius 3 is 2.33 bits per heavy atom. The third-order valence-corrected chi connectivity index (χ3v) is 6.62. The van der Waals surface area contributed by atoms with E-state index in [1.165, 1.54) is 17.1 Å². The number of nitrogens with one attached hydrogen (secondary N) is 1. The lowest BCUT2D eigenvalue weighted by molar-refractivity contribution is 0.192. The molecule has 0 aromatic rings. The highest BCUT2D eigenvalue weighted by molar-refractivity contribution is 7.86. The molecule has 0 radical (unpaired) electrons. The van der Waals surface area contributed by atoms with E-state index >= 15 is 0 Å². The Labute approximate surface area is 129 Å². The van der Waals surface area contributed by atoms with Crippen molar-refractivity contribution in [2.24, 2.45) is 0 Å². The topological polar surface area (TPSA) is 55.9 Å². The maximum Gasteiger partial charge on any atom is 0.281 e. The smallest absolute Gasteiger partial charge is 0.281 e. The van der Waals surface area contributed by atoms with E-state index < -0.39 is 10.2 Å². The molecule has 7 heteroatoms. The van der Waals surface area contributed by atoms with Gasteiger partial charge in [0, 0.05) is 32.7 Å². The molecular weight excluding hydrogens is 288 g/mol. The first-order valence-corrected chi connectivity index (χ1v) is 9.42. The van der Waals surface area contributed by atoms with Crippen LogP contribution in [-0.4, -0.2) is 81.3 Å². The second-order valence-corrected chi connectivity index (χ2v) is 8.56. The lowest BCUT2D eigenvalue weighted by atomic mass is 10.1. The minimum Gasteiger partial charge on any atom is -0.314 e. The van der Waals surface area contributed by atoms with Crippen molar-refractivity contribution in [2.45, 2.75) is 44.2 Å². The molecule has 1 aliphatic heterocycles. The molecule has 2 fully saturated rings. The molecule has 1 saturated carbocycles. The van der Waals surface area contributed by atoms with Crippen LogP contribution in [0.1, 0.15) is 32.1 Å². The summed E-state index contributed by atoms with van der Waals surface area (Å²) in [7, 11) is 2.19. The van der Waals surface area contributed by atoms with Crippen molar-refractivity contribution >= 4 is 10.2 Å². The molecule has 1 aliphatic carbocycles. The first-order valence-electron chi connectivity index (χ1n) is 8.02. The Bertz CT molecular complexity index is 417. The van der Waals surface area contributed by atoms with Crippen LogP contribution in [0, 0.1) is 0 Å². The van der Waals surface area contributed by atoms with Gasteiger partial charge < -0.3 is 10.2 Å². The van der Waals surface area contributed by atoms with Gasteiger partial charge in [-0.1, -0.05) is 0 Å². The SMILES string of the molecule is CN1CCC(N(C)S(=O)(=O)N(C)CCCNC2CC2)CC1. The van der Waals surface area contributed by atoms with Crippen LogP contribution in [0.2, 0.25) is 0 Å². The maximum absolute atomic E-state index is 12.6. The number of nitrogens with zero attached hydrogens (tertiary/aromatic N) is 3. The van der Waals surface area contributed by atoms with Crippen LogP contribution in [0.3, 0.4) is 0 Å². The molecule has 2 aliphatic rings. The van der Waals surface area contributed by atoms with Gasteiger partial charge >= 0.3 is 0 Å². The zero-order valence-corrected chi connectivity index (χ0v) is 14.4. The van der Waals surface area contributed by atoms with E-state index in [9.17, 15) is 8.42 Å². The lowest BCUT2D eigenvalue weighted by Gasteiger charge is -2.36. The highest BCUT2D eigenvalue weighted by Gasteiger charge is 2.31. The fourth-order valence-corrected chi connectivity index (χ4v) is 4.16. The average molecular weight is 318 g/mol.